The van der Waals surface area contributed by atoms with E-state index in [0.717, 1.165) is 6.92 Å². The van der Waals surface area contributed by atoms with Crippen LogP contribution in [0.4, 0.5) is 0 Å². The van der Waals surface area contributed by atoms with Gasteiger partial charge in [0, 0.05) is 6.92 Å². The molecule has 17 heavy (non-hydrogen) atoms. The molecule has 2 atom stereocenters. The van der Waals surface area contributed by atoms with Crippen molar-refractivity contribution in [3.05, 3.63) is 0 Å². The molecule has 0 aromatic heterocycles. The molecule has 0 radical (unpaired) electrons. The molecule has 0 saturated heterocycles. The number of aliphatic hydroxyl groups is 2. The van der Waals surface area contributed by atoms with Gasteiger partial charge in [-0.05, 0) is 0 Å². The number of ketones is 1. The Balaban J connectivity index is 4.52. The number of carbonyl (C=O) groups excluding carboxylic acids is 2. The normalized spacial score (nSPS) is 15.1. The topological polar surface area (TPSA) is 151 Å². The summed E-state index contributed by atoms with van der Waals surface area (Å²) in [5.74, 6) is -1.91. The van der Waals surface area contributed by atoms with Gasteiger partial charge in [0.2, 0.25) is 5.78 Å². The third kappa shape index (κ3) is 7.16. The van der Waals surface area contributed by atoms with E-state index in [-0.39, 0.29) is 0 Å². The maximum atomic E-state index is 11.1. The molecule has 0 unspecified atom stereocenters. The van der Waals surface area contributed by atoms with E-state index in [4.69, 9.17) is 14.9 Å². The molecule has 0 rings (SSSR count). The van der Waals surface area contributed by atoms with Crippen molar-refractivity contribution >= 4 is 19.6 Å². The van der Waals surface area contributed by atoms with E-state index in [0.29, 0.717) is 0 Å². The second-order valence-corrected chi connectivity index (χ2v) is 4.25. The predicted octanol–water partition coefficient (Wildman–Crippen LogP) is -2.05. The molecule has 4 N–H and O–H groups in total. The predicted molar refractivity (Wildman–Crippen MR) is 51.6 cm³/mol. The Bertz CT molecular complexity index is 321. The maximum absolute atomic E-state index is 11.1. The standard InChI is InChI=1S/C7H13O9P/c1-4(9)16-7(5(10)2-8)6(11)3-15-17(12,13)14/h6-8,11H,2-3H2,1H3,(H2,12,13,14)/t6-,7+/m1/s1. The zero-order chi connectivity index (χ0) is 13.6. The van der Waals surface area contributed by atoms with Gasteiger partial charge in [-0.2, -0.15) is 0 Å². The Morgan fingerprint density at radius 1 is 1.35 bits per heavy atom. The molecule has 0 aromatic carbocycles. The summed E-state index contributed by atoms with van der Waals surface area (Å²) in [6.07, 6.45) is -3.52. The molecule has 0 amide bonds. The van der Waals surface area contributed by atoms with Crippen LogP contribution in [-0.2, 0) is 23.4 Å². The van der Waals surface area contributed by atoms with Crippen molar-refractivity contribution in [3.63, 3.8) is 0 Å². The van der Waals surface area contributed by atoms with Crippen molar-refractivity contribution in [2.75, 3.05) is 13.2 Å². The minimum absolute atomic E-state index is 0.896. The quantitative estimate of drug-likeness (QED) is 0.303. The molecule has 10 heteroatoms. The fraction of sp³-hybridized carbons (Fsp3) is 0.714. The molecular weight excluding hydrogens is 259 g/mol. The highest BCUT2D eigenvalue weighted by atomic mass is 31.2. The van der Waals surface area contributed by atoms with E-state index in [1.54, 1.807) is 0 Å². The van der Waals surface area contributed by atoms with Gasteiger partial charge in [-0.25, -0.2) is 4.57 Å². The lowest BCUT2D eigenvalue weighted by Crippen LogP contribution is -2.41. The van der Waals surface area contributed by atoms with E-state index < -0.39 is 45.0 Å². The second kappa shape index (κ2) is 6.80. The summed E-state index contributed by atoms with van der Waals surface area (Å²) in [6.45, 7) is -0.951. The Morgan fingerprint density at radius 2 is 1.88 bits per heavy atom. The Kier molecular flexibility index (Phi) is 6.46. The first-order chi connectivity index (χ1) is 7.67. The monoisotopic (exact) mass is 272 g/mol. The fourth-order valence-electron chi connectivity index (χ4n) is 0.888. The number of esters is 1. The van der Waals surface area contributed by atoms with Crippen molar-refractivity contribution in [1.29, 1.82) is 0 Å². The SMILES string of the molecule is CC(=O)O[C@@H](C(=O)CO)[C@H](O)COP(=O)(O)O. The van der Waals surface area contributed by atoms with E-state index in [2.05, 4.69) is 9.26 Å². The van der Waals surface area contributed by atoms with Crippen molar-refractivity contribution < 1.29 is 43.4 Å². The van der Waals surface area contributed by atoms with Gasteiger partial charge in [-0.15, -0.1) is 0 Å². The third-order valence-electron chi connectivity index (χ3n) is 1.53. The number of rotatable bonds is 7. The number of carbonyl (C=O) groups is 2. The van der Waals surface area contributed by atoms with Crippen LogP contribution in [0, 0.1) is 0 Å². The van der Waals surface area contributed by atoms with Gasteiger partial charge in [-0.1, -0.05) is 0 Å². The Morgan fingerprint density at radius 3 is 2.24 bits per heavy atom. The zero-order valence-corrected chi connectivity index (χ0v) is 9.74. The molecule has 0 bridgehead atoms. The van der Waals surface area contributed by atoms with E-state index >= 15 is 0 Å². The molecule has 0 spiro atoms. The van der Waals surface area contributed by atoms with Crippen LogP contribution in [0.1, 0.15) is 6.92 Å². The van der Waals surface area contributed by atoms with Crippen LogP contribution in [0.2, 0.25) is 0 Å². The van der Waals surface area contributed by atoms with Crippen LogP contribution in [0.3, 0.4) is 0 Å². The highest BCUT2D eigenvalue weighted by Crippen LogP contribution is 2.35. The van der Waals surface area contributed by atoms with Crippen molar-refractivity contribution in [2.45, 2.75) is 19.1 Å². The maximum Gasteiger partial charge on any atom is 0.469 e. The smallest absolute Gasteiger partial charge is 0.452 e. The minimum Gasteiger partial charge on any atom is -0.452 e. The number of ether oxygens (including phenoxy) is 1. The summed E-state index contributed by atoms with van der Waals surface area (Å²) in [5, 5.41) is 17.9. The molecular formula is C7H13O9P. The molecule has 0 aromatic rings. The average Bonchev–Trinajstić information content (AvgIpc) is 2.20. The summed E-state index contributed by atoms with van der Waals surface area (Å²) in [5.41, 5.74) is 0. The summed E-state index contributed by atoms with van der Waals surface area (Å²) >= 11 is 0. The molecule has 0 saturated carbocycles. The molecule has 0 fully saturated rings. The first-order valence-electron chi connectivity index (χ1n) is 4.36. The number of phosphoric acid groups is 1. The van der Waals surface area contributed by atoms with Crippen LogP contribution in [0.25, 0.3) is 0 Å². The number of Topliss-reactive ketones (excluding diaryl/α,β-unsaturated/α-hetero) is 1. The summed E-state index contributed by atoms with van der Waals surface area (Å²) in [6, 6.07) is 0. The van der Waals surface area contributed by atoms with E-state index in [9.17, 15) is 19.3 Å². The molecule has 0 aliphatic heterocycles. The van der Waals surface area contributed by atoms with E-state index in [1.807, 2.05) is 0 Å². The number of phosphoric ester groups is 1. The molecule has 9 nitrogen and oxygen atoms in total. The molecule has 0 aliphatic carbocycles. The minimum atomic E-state index is -4.81. The fourth-order valence-corrected chi connectivity index (χ4v) is 1.24. The van der Waals surface area contributed by atoms with Gasteiger partial charge in [-0.3, -0.25) is 14.1 Å². The molecule has 0 aliphatic rings. The zero-order valence-electron chi connectivity index (χ0n) is 8.85. The summed E-state index contributed by atoms with van der Waals surface area (Å²) in [7, 11) is -4.81. The number of hydrogen-bond acceptors (Lipinski definition) is 7. The van der Waals surface area contributed by atoms with Crippen LogP contribution in [0.15, 0.2) is 0 Å². The number of aliphatic hydroxyl groups excluding tert-OH is 2. The lowest BCUT2D eigenvalue weighted by Gasteiger charge is -2.20. The van der Waals surface area contributed by atoms with Gasteiger partial charge in [0.25, 0.3) is 0 Å². The summed E-state index contributed by atoms with van der Waals surface area (Å²) < 4.78 is 18.7. The highest BCUT2D eigenvalue weighted by Gasteiger charge is 2.31. The third-order valence-corrected chi connectivity index (χ3v) is 2.01. The largest absolute Gasteiger partial charge is 0.469 e. The van der Waals surface area contributed by atoms with Crippen molar-refractivity contribution in [3.8, 4) is 0 Å². The van der Waals surface area contributed by atoms with Crippen molar-refractivity contribution in [1.82, 2.24) is 0 Å². The first-order valence-corrected chi connectivity index (χ1v) is 5.89. The van der Waals surface area contributed by atoms with Gasteiger partial charge in [0.15, 0.2) is 6.10 Å². The Labute approximate surface area is 96.2 Å². The van der Waals surface area contributed by atoms with Crippen molar-refractivity contribution in [2.24, 2.45) is 0 Å². The molecule has 0 heterocycles. The van der Waals surface area contributed by atoms with Crippen LogP contribution < -0.4 is 0 Å². The second-order valence-electron chi connectivity index (χ2n) is 3.01. The van der Waals surface area contributed by atoms with Crippen LogP contribution in [-0.4, -0.2) is 57.2 Å². The lowest BCUT2D eigenvalue weighted by atomic mass is 10.1. The van der Waals surface area contributed by atoms with Gasteiger partial charge < -0.3 is 24.7 Å². The average molecular weight is 272 g/mol. The van der Waals surface area contributed by atoms with Gasteiger partial charge in [0.05, 0.1) is 6.61 Å². The first kappa shape index (κ1) is 16.2. The van der Waals surface area contributed by atoms with Gasteiger partial charge in [0.1, 0.15) is 12.7 Å². The highest BCUT2D eigenvalue weighted by molar-refractivity contribution is 7.46. The summed E-state index contributed by atoms with van der Waals surface area (Å²) in [4.78, 5) is 38.4. The Hall–Kier alpha value is -0.830. The molecule has 100 valence electrons. The van der Waals surface area contributed by atoms with E-state index in [1.165, 1.54) is 0 Å². The van der Waals surface area contributed by atoms with Crippen LogP contribution in [0.5, 0.6) is 0 Å². The van der Waals surface area contributed by atoms with Gasteiger partial charge >= 0.3 is 13.8 Å². The number of hydrogen-bond donors (Lipinski definition) is 4. The lowest BCUT2D eigenvalue weighted by molar-refractivity contribution is -0.162. The van der Waals surface area contributed by atoms with Crippen LogP contribution >= 0.6 is 7.82 Å².